The molecule has 0 bridgehead atoms. The molecule has 0 heterocycles. The summed E-state index contributed by atoms with van der Waals surface area (Å²) in [6.07, 6.45) is 43.7. The smallest absolute Gasteiger partial charge is 0.0886 e. The molecule has 244 valence electrons. The number of unbranched alkanes of at least 4 members (excludes halogenated alkanes) is 30. The maximum Gasteiger partial charge on any atom is 0.0886 e. The van der Waals surface area contributed by atoms with Gasteiger partial charge in [0, 0.05) is 0 Å². The topological polar surface area (TPSA) is 0 Å². The van der Waals surface area contributed by atoms with Crippen molar-refractivity contribution < 1.29 is 25.6 Å². The summed E-state index contributed by atoms with van der Waals surface area (Å²) in [6, 6.07) is 0. The van der Waals surface area contributed by atoms with Crippen LogP contribution in [-0.4, -0.2) is 31.6 Å². The second-order valence-corrected chi connectivity index (χ2v) is 13.4. The number of quaternary nitrogens is 1. The van der Waals surface area contributed by atoms with Gasteiger partial charge in [-0.05, 0) is 25.7 Å². The Morgan fingerprint density at radius 1 is 0.325 bits per heavy atom. The molecule has 0 aliphatic carbocycles. The summed E-state index contributed by atoms with van der Waals surface area (Å²) in [7, 11) is 1.99. The quantitative estimate of drug-likeness (QED) is 0.0489. The van der Waals surface area contributed by atoms with Crippen LogP contribution in [0.25, 0.3) is 0 Å². The van der Waals surface area contributed by atoms with Crippen LogP contribution in [0.1, 0.15) is 223 Å². The molecule has 0 saturated carbocycles. The van der Waals surface area contributed by atoms with Crippen LogP contribution in [0.4, 0.5) is 0 Å². The highest BCUT2D eigenvalue weighted by molar-refractivity contribution is 4.52. The highest BCUT2D eigenvalue weighted by Gasteiger charge is 2.13. The minimum Gasteiger partial charge on any atom is -1.00 e. The maximum atomic E-state index is 8.17. The molecule has 2 heteroatoms. The Balaban J connectivity index is 0. The van der Waals surface area contributed by atoms with E-state index in [1.54, 1.807) is 0 Å². The van der Waals surface area contributed by atoms with Crippen LogP contribution in [0.5, 0.6) is 0 Å². The monoisotopic (exact) mass is 633 g/mol. The molecule has 0 atom stereocenters. The van der Waals surface area contributed by atoms with Crippen molar-refractivity contribution in [2.24, 2.45) is 0 Å². The summed E-state index contributed by atoms with van der Waals surface area (Å²) in [5.41, 5.74) is 0. The molecular formula is C38H80BrN. The van der Waals surface area contributed by atoms with Gasteiger partial charge < -0.3 is 21.5 Å². The van der Waals surface area contributed by atoms with Crippen molar-refractivity contribution in [3.8, 4) is 0 Å². The molecule has 0 rings (SSSR count). The number of halogens is 1. The second kappa shape index (κ2) is 35.6. The third kappa shape index (κ3) is 36.5. The lowest BCUT2D eigenvalue weighted by Gasteiger charge is -2.30. The number of nitrogens with zero attached hydrogens (tertiary/aromatic N) is 1. The van der Waals surface area contributed by atoms with E-state index in [2.05, 4.69) is 13.8 Å². The first-order valence-electron chi connectivity index (χ1n) is 20.2. The third-order valence-electron chi connectivity index (χ3n) is 9.01. The van der Waals surface area contributed by atoms with Gasteiger partial charge in [-0.25, -0.2) is 0 Å². The van der Waals surface area contributed by atoms with Crippen molar-refractivity contribution in [2.45, 2.75) is 219 Å². The summed E-state index contributed by atoms with van der Waals surface area (Å²) in [5, 5.41) is 0. The van der Waals surface area contributed by atoms with E-state index in [-0.39, 0.29) is 21.5 Å². The van der Waals surface area contributed by atoms with Crippen molar-refractivity contribution in [1.82, 2.24) is 0 Å². The van der Waals surface area contributed by atoms with Crippen LogP contribution in [0.3, 0.4) is 0 Å². The van der Waals surface area contributed by atoms with Crippen molar-refractivity contribution in [1.29, 1.82) is 0 Å². The van der Waals surface area contributed by atoms with Crippen LogP contribution in [-0.2, 0) is 0 Å². The Hall–Kier alpha value is 0.440. The van der Waals surface area contributed by atoms with Gasteiger partial charge in [-0.2, -0.15) is 0 Å². The van der Waals surface area contributed by atoms with Gasteiger partial charge >= 0.3 is 0 Å². The lowest BCUT2D eigenvalue weighted by molar-refractivity contribution is -0.890. The Morgan fingerprint density at radius 3 is 0.675 bits per heavy atom. The van der Waals surface area contributed by atoms with Gasteiger partial charge in [0.05, 0.1) is 31.2 Å². The van der Waals surface area contributed by atoms with Crippen molar-refractivity contribution in [2.75, 3.05) is 27.1 Å². The van der Waals surface area contributed by atoms with E-state index < -0.39 is 6.98 Å². The summed E-state index contributed by atoms with van der Waals surface area (Å²) in [6.45, 7) is 4.32. The first-order chi connectivity index (χ1) is 20.4. The molecule has 40 heavy (non-hydrogen) atoms. The van der Waals surface area contributed by atoms with Crippen molar-refractivity contribution in [3.05, 3.63) is 0 Å². The Morgan fingerprint density at radius 2 is 0.500 bits per heavy atom. The molecule has 1 nitrogen and oxygen atoms in total. The lowest BCUT2D eigenvalue weighted by atomic mass is 10.0. The molecule has 0 radical (unpaired) electrons. The fourth-order valence-electron chi connectivity index (χ4n) is 6.13. The molecule has 0 N–H and O–H groups in total. The average molecular weight is 634 g/mol. The van der Waals surface area contributed by atoms with E-state index >= 15 is 0 Å². The minimum absolute atomic E-state index is 0. The summed E-state index contributed by atoms with van der Waals surface area (Å²) >= 11 is 0. The third-order valence-corrected chi connectivity index (χ3v) is 9.01. The molecule has 0 amide bonds. The fraction of sp³-hybridized carbons (Fsp3) is 1.00. The molecule has 0 aliphatic rings. The van der Waals surface area contributed by atoms with Gasteiger partial charge in [0.25, 0.3) is 0 Å². The maximum absolute atomic E-state index is 8.17. The molecule has 0 aliphatic heterocycles. The van der Waals surface area contributed by atoms with E-state index in [1.165, 1.54) is 193 Å². The van der Waals surface area contributed by atoms with E-state index in [4.69, 9.17) is 4.11 Å². The normalized spacial score (nSPS) is 13.1. The molecular weight excluding hydrogens is 550 g/mol. The predicted octanol–water partition coefficient (Wildman–Crippen LogP) is 10.6. The van der Waals surface area contributed by atoms with E-state index in [0.717, 1.165) is 25.9 Å². The number of hydrogen-bond acceptors (Lipinski definition) is 0. The Bertz CT molecular complexity index is 490. The molecule has 0 aromatic heterocycles. The Labute approximate surface area is 271 Å². The van der Waals surface area contributed by atoms with Crippen LogP contribution in [0.2, 0.25) is 0 Å². The molecule has 0 aromatic carbocycles. The highest BCUT2D eigenvalue weighted by atomic mass is 79.9. The van der Waals surface area contributed by atoms with Crippen LogP contribution >= 0.6 is 0 Å². The predicted molar refractivity (Wildman–Crippen MR) is 181 cm³/mol. The van der Waals surface area contributed by atoms with E-state index in [9.17, 15) is 0 Å². The fourth-order valence-corrected chi connectivity index (χ4v) is 6.13. The van der Waals surface area contributed by atoms with Gasteiger partial charge in [0.1, 0.15) is 0 Å². The van der Waals surface area contributed by atoms with Gasteiger partial charge in [0.15, 0.2) is 0 Å². The van der Waals surface area contributed by atoms with Gasteiger partial charge in [-0.3, -0.25) is 0 Å². The number of hydrogen-bond donors (Lipinski definition) is 0. The lowest BCUT2D eigenvalue weighted by Crippen LogP contribution is -3.00. The summed E-state index contributed by atoms with van der Waals surface area (Å²) < 4.78 is 24.8. The van der Waals surface area contributed by atoms with Crippen LogP contribution in [0.15, 0.2) is 0 Å². The zero-order valence-corrected chi connectivity index (χ0v) is 30.0. The van der Waals surface area contributed by atoms with Crippen molar-refractivity contribution >= 4 is 0 Å². The molecule has 0 spiro atoms. The van der Waals surface area contributed by atoms with E-state index in [0.29, 0.717) is 0 Å². The number of rotatable bonds is 34. The zero-order valence-electron chi connectivity index (χ0n) is 31.4. The molecule has 0 aromatic rings. The average Bonchev–Trinajstić information content (AvgIpc) is 2.96. The van der Waals surface area contributed by atoms with E-state index in [1.807, 2.05) is 7.05 Å². The van der Waals surface area contributed by atoms with Gasteiger partial charge in [-0.1, -0.05) is 194 Å². The SMILES string of the molecule is [2H]C([2H])([2H])[N+](C)(CCCCCCCCCCCCCCCCCC)CCCCCCCCCCCCCCCCCC.[Br-]. The first-order valence-corrected chi connectivity index (χ1v) is 18.7. The van der Waals surface area contributed by atoms with Gasteiger partial charge in [0.2, 0.25) is 0 Å². The standard InChI is InChI=1S/C38H80N.BrH/c1-5-7-9-11-13-15-17-19-21-23-25-27-29-31-33-35-37-39(3,4)38-36-34-32-30-28-26-24-22-20-18-16-14-12-10-8-6-2;/h5-38H2,1-4H3;1H/q+1;/p-1/i3D3;. The highest BCUT2D eigenvalue weighted by Crippen LogP contribution is 2.16. The minimum atomic E-state index is -1.88. The summed E-state index contributed by atoms with van der Waals surface area (Å²) in [5.74, 6) is 0. The molecule has 0 unspecified atom stereocenters. The Kier molecular flexibility index (Phi) is 32.6. The van der Waals surface area contributed by atoms with Crippen LogP contribution < -0.4 is 17.0 Å². The zero-order chi connectivity index (χ0) is 31.0. The molecule has 0 fully saturated rings. The molecule has 0 saturated heterocycles. The van der Waals surface area contributed by atoms with Gasteiger partial charge in [-0.15, -0.1) is 0 Å². The first kappa shape index (κ1) is 36.6. The largest absolute Gasteiger partial charge is 1.00 e. The van der Waals surface area contributed by atoms with Crippen LogP contribution in [0, 0.1) is 0 Å². The van der Waals surface area contributed by atoms with Crippen molar-refractivity contribution in [3.63, 3.8) is 0 Å². The second-order valence-electron chi connectivity index (χ2n) is 13.4. The summed E-state index contributed by atoms with van der Waals surface area (Å²) in [4.78, 5) is 0.